The van der Waals surface area contributed by atoms with Gasteiger partial charge in [0.05, 0.1) is 5.02 Å². The number of carbonyl (C=O) groups is 1. The minimum absolute atomic E-state index is 0.0911. The topological polar surface area (TPSA) is 33.2 Å². The number of benzene rings is 1. The summed E-state index contributed by atoms with van der Waals surface area (Å²) >= 11 is 5.67. The number of nitrogens with zero attached hydrogens (tertiary/aromatic N) is 2. The molecule has 2 heterocycles. The van der Waals surface area contributed by atoms with Crippen LogP contribution in [0.25, 0.3) is 0 Å². The number of carbonyl (C=O) groups excluding carboxylic acids is 1. The number of rotatable bonds is 5. The molecule has 0 spiro atoms. The van der Waals surface area contributed by atoms with Crippen molar-refractivity contribution in [2.24, 2.45) is 0 Å². The highest BCUT2D eigenvalue weighted by Gasteiger charge is 2.35. The van der Waals surface area contributed by atoms with Gasteiger partial charge in [0.1, 0.15) is 11.5 Å². The standard InChI is InChI=1S/C21H23ClF2N2O/c1-15-4-6-17(25-14-15)3-2-8-21(24)9-11-26(12-10-21)20(27)16-5-7-19(23)18(22)13-16/h4-7,13-14H,2-3,8-12H2,1H3/i1D3,8D2,9D2,10D2,11D2. The molecule has 1 aliphatic rings. The van der Waals surface area contributed by atoms with Crippen molar-refractivity contribution in [3.63, 3.8) is 0 Å². The van der Waals surface area contributed by atoms with Gasteiger partial charge in [-0.1, -0.05) is 17.7 Å². The fourth-order valence-electron chi connectivity index (χ4n) is 2.37. The first kappa shape index (κ1) is 9.97. The third-order valence-electron chi connectivity index (χ3n) is 3.83. The van der Waals surface area contributed by atoms with Crippen LogP contribution in [-0.2, 0) is 6.42 Å². The Kier molecular flexibility index (Phi) is 3.08. The molecule has 1 fully saturated rings. The van der Waals surface area contributed by atoms with Gasteiger partial charge in [-0.2, -0.15) is 0 Å². The zero-order valence-electron chi connectivity index (χ0n) is 25.0. The fourth-order valence-corrected chi connectivity index (χ4v) is 2.55. The molecule has 1 unspecified atom stereocenters. The Bertz CT molecular complexity index is 1220. The number of piperidine rings is 1. The van der Waals surface area contributed by atoms with Crippen LogP contribution >= 0.6 is 11.6 Å². The molecular formula is C21H23ClF2N2O. The van der Waals surface area contributed by atoms with Crippen molar-refractivity contribution in [3.05, 3.63) is 64.2 Å². The molecule has 1 aromatic heterocycles. The largest absolute Gasteiger partial charge is 0.338 e. The van der Waals surface area contributed by atoms with Crippen LogP contribution in [0.2, 0.25) is 5.02 Å². The molecule has 1 aliphatic heterocycles. The molecule has 1 saturated heterocycles. The van der Waals surface area contributed by atoms with Crippen molar-refractivity contribution in [2.45, 2.75) is 44.5 Å². The van der Waals surface area contributed by atoms with Crippen LogP contribution in [0.15, 0.2) is 36.5 Å². The van der Waals surface area contributed by atoms with E-state index in [9.17, 15) is 9.18 Å². The van der Waals surface area contributed by atoms with E-state index in [2.05, 4.69) is 4.98 Å². The molecule has 0 saturated carbocycles. The van der Waals surface area contributed by atoms with Crippen LogP contribution in [0.3, 0.4) is 0 Å². The van der Waals surface area contributed by atoms with Crippen molar-refractivity contribution < 1.29 is 28.7 Å². The van der Waals surface area contributed by atoms with Gasteiger partial charge >= 0.3 is 0 Å². The summed E-state index contributed by atoms with van der Waals surface area (Å²) in [7, 11) is 0. The SMILES string of the molecule is [2H]C([2H])([2H])c1ccc(CCC([2H])([2H])C2(F)C([2H])([2H])CN(C(=O)c3ccc(F)c(Cl)c3)C([2H])([2H])C2([2H])[2H])nc1. The molecule has 0 radical (unpaired) electrons. The van der Waals surface area contributed by atoms with E-state index in [4.69, 9.17) is 26.7 Å². The predicted molar refractivity (Wildman–Crippen MR) is 102 cm³/mol. The Morgan fingerprint density at radius 2 is 2.30 bits per heavy atom. The maximum absolute atomic E-state index is 16.6. The minimum Gasteiger partial charge on any atom is -0.338 e. The number of halogens is 3. The first-order valence-corrected chi connectivity index (χ1v) is 8.39. The van der Waals surface area contributed by atoms with Gasteiger partial charge in [-0.3, -0.25) is 9.78 Å². The molecular weight excluding hydrogens is 370 g/mol. The highest BCUT2D eigenvalue weighted by Crippen LogP contribution is 2.32. The number of aryl methyl sites for hydroxylation is 2. The lowest BCUT2D eigenvalue weighted by atomic mass is 9.87. The number of hydrogen-bond donors (Lipinski definition) is 0. The average Bonchev–Trinajstić information content (AvgIpc) is 2.80. The van der Waals surface area contributed by atoms with Crippen LogP contribution in [0.1, 0.15) is 62.2 Å². The van der Waals surface area contributed by atoms with E-state index in [0.29, 0.717) is 0 Å². The van der Waals surface area contributed by atoms with Crippen molar-refractivity contribution >= 4 is 17.5 Å². The second-order valence-corrected chi connectivity index (χ2v) is 6.21. The summed E-state index contributed by atoms with van der Waals surface area (Å²) in [4.78, 5) is 17.0. The summed E-state index contributed by atoms with van der Waals surface area (Å²) < 4.78 is 119. The van der Waals surface area contributed by atoms with Gasteiger partial charge in [0.2, 0.25) is 0 Å². The number of amides is 1. The number of likely N-dealkylation sites (tertiary alicyclic amines) is 1. The van der Waals surface area contributed by atoms with Gasteiger partial charge < -0.3 is 4.90 Å². The van der Waals surface area contributed by atoms with Crippen molar-refractivity contribution in [3.8, 4) is 0 Å². The lowest BCUT2D eigenvalue weighted by Crippen LogP contribution is -2.44. The normalized spacial score (nSPS) is 32.6. The van der Waals surface area contributed by atoms with Crippen LogP contribution in [0.4, 0.5) is 8.78 Å². The van der Waals surface area contributed by atoms with Gasteiger partial charge in [0.25, 0.3) is 5.91 Å². The average molecular weight is 404 g/mol. The summed E-state index contributed by atoms with van der Waals surface area (Å²) in [6.07, 6.45) is -10.9. The Hall–Kier alpha value is -2.01. The molecule has 6 heteroatoms. The van der Waals surface area contributed by atoms with E-state index >= 15 is 4.39 Å². The maximum atomic E-state index is 16.6. The Morgan fingerprint density at radius 1 is 1.44 bits per heavy atom. The number of pyridine rings is 1. The predicted octanol–water partition coefficient (Wildman–Crippen LogP) is 5.15. The molecule has 1 aromatic carbocycles. The lowest BCUT2D eigenvalue weighted by molar-refractivity contribution is 0.0389. The van der Waals surface area contributed by atoms with Crippen LogP contribution in [-0.4, -0.2) is 34.5 Å². The van der Waals surface area contributed by atoms with Crippen molar-refractivity contribution in [1.29, 1.82) is 0 Å². The molecule has 27 heavy (non-hydrogen) atoms. The van der Waals surface area contributed by atoms with E-state index in [1.165, 1.54) is 12.1 Å². The summed E-state index contributed by atoms with van der Waals surface area (Å²) in [5.41, 5.74) is -4.48. The molecule has 144 valence electrons. The number of hydrogen-bond acceptors (Lipinski definition) is 2. The van der Waals surface area contributed by atoms with Gasteiger partial charge in [0, 0.05) is 45.6 Å². The monoisotopic (exact) mass is 403 g/mol. The molecule has 1 amide bonds. The number of aromatic nitrogens is 1. The fraction of sp³-hybridized carbons (Fsp3) is 0.429. The van der Waals surface area contributed by atoms with Crippen LogP contribution < -0.4 is 0 Å². The van der Waals surface area contributed by atoms with Gasteiger partial charge in [-0.15, -0.1) is 0 Å². The first-order chi connectivity index (χ1) is 17.1. The van der Waals surface area contributed by atoms with Gasteiger partial charge in [-0.25, -0.2) is 8.78 Å². The Labute approximate surface area is 178 Å². The van der Waals surface area contributed by atoms with Gasteiger partial charge in [-0.05, 0) is 68.6 Å². The van der Waals surface area contributed by atoms with E-state index in [-0.39, 0.29) is 22.6 Å². The van der Waals surface area contributed by atoms with E-state index in [1.54, 1.807) is 0 Å². The van der Waals surface area contributed by atoms with Gasteiger partial charge in [0.15, 0.2) is 0 Å². The zero-order chi connectivity index (χ0) is 29.1. The molecule has 3 rings (SSSR count). The Balaban J connectivity index is 1.96. The first-order valence-electron chi connectivity index (χ1n) is 13.5. The second kappa shape index (κ2) is 8.34. The molecule has 0 N–H and O–H groups in total. The lowest BCUT2D eigenvalue weighted by Gasteiger charge is -2.36. The maximum Gasteiger partial charge on any atom is 0.253 e. The highest BCUT2D eigenvalue weighted by atomic mass is 35.5. The minimum atomic E-state index is -4.10. The van der Waals surface area contributed by atoms with Crippen molar-refractivity contribution in [1.82, 2.24) is 9.88 Å². The Morgan fingerprint density at radius 3 is 3.00 bits per heavy atom. The summed E-state index contributed by atoms with van der Waals surface area (Å²) in [5.74, 6) is -2.19. The number of alkyl halides is 1. The molecule has 0 aliphatic carbocycles. The quantitative estimate of drug-likeness (QED) is 0.691. The van der Waals surface area contributed by atoms with Crippen molar-refractivity contribution in [2.75, 3.05) is 13.0 Å². The molecule has 0 bridgehead atoms. The summed E-state index contributed by atoms with van der Waals surface area (Å²) in [6, 6.07) is 5.04. The van der Waals surface area contributed by atoms with Crippen LogP contribution in [0, 0.1) is 12.7 Å². The van der Waals surface area contributed by atoms with E-state index < -0.39 is 73.4 Å². The highest BCUT2D eigenvalue weighted by molar-refractivity contribution is 6.31. The van der Waals surface area contributed by atoms with E-state index in [0.717, 1.165) is 24.4 Å². The third-order valence-corrected chi connectivity index (χ3v) is 4.12. The zero-order valence-corrected chi connectivity index (χ0v) is 14.8. The smallest absolute Gasteiger partial charge is 0.253 e. The summed E-state index contributed by atoms with van der Waals surface area (Å²) in [6.45, 7) is -7.36. The molecule has 2 aromatic rings. The molecule has 1 atom stereocenters. The van der Waals surface area contributed by atoms with Crippen LogP contribution in [0.5, 0.6) is 0 Å². The third kappa shape index (κ3) is 5.04. The molecule has 3 nitrogen and oxygen atoms in total. The summed E-state index contributed by atoms with van der Waals surface area (Å²) in [5, 5.41) is -0.504. The second-order valence-electron chi connectivity index (χ2n) is 5.81. The van der Waals surface area contributed by atoms with E-state index in [1.807, 2.05) is 0 Å².